The summed E-state index contributed by atoms with van der Waals surface area (Å²) in [6.07, 6.45) is 3.22. The fraction of sp³-hybridized carbons (Fsp3) is 0.900. The molecule has 3 rings (SSSR count). The summed E-state index contributed by atoms with van der Waals surface area (Å²) < 4.78 is 16.7. The number of ether oxygens (including phenoxy) is 3. The van der Waals surface area contributed by atoms with Crippen molar-refractivity contribution in [1.29, 1.82) is 0 Å². The van der Waals surface area contributed by atoms with Gasteiger partial charge in [0.2, 0.25) is 0 Å². The van der Waals surface area contributed by atoms with Crippen LogP contribution in [0.1, 0.15) is 32.6 Å². The number of hydrogen-bond donors (Lipinski definition) is 0. The smallest absolute Gasteiger partial charge is 0.308 e. The first-order valence-corrected chi connectivity index (χ1v) is 5.22. The molecule has 0 unspecified atom stereocenters. The van der Waals surface area contributed by atoms with Crippen molar-refractivity contribution < 1.29 is 19.0 Å². The zero-order valence-corrected chi connectivity index (χ0v) is 8.19. The van der Waals surface area contributed by atoms with Crippen molar-refractivity contribution in [3.8, 4) is 0 Å². The summed E-state index contributed by atoms with van der Waals surface area (Å²) in [4.78, 5) is 11.0. The molecule has 3 aliphatic rings. The topological polar surface area (TPSA) is 44.8 Å². The van der Waals surface area contributed by atoms with Crippen molar-refractivity contribution in [3.63, 3.8) is 0 Å². The molecule has 0 aromatic carbocycles. The van der Waals surface area contributed by atoms with E-state index in [0.29, 0.717) is 12.8 Å². The molecule has 0 radical (unpaired) electrons. The van der Waals surface area contributed by atoms with E-state index in [4.69, 9.17) is 14.2 Å². The zero-order valence-electron chi connectivity index (χ0n) is 8.19. The van der Waals surface area contributed by atoms with Gasteiger partial charge in [0.15, 0.2) is 5.79 Å². The van der Waals surface area contributed by atoms with E-state index in [2.05, 4.69) is 6.92 Å². The molecule has 4 atom stereocenters. The highest BCUT2D eigenvalue weighted by Crippen LogP contribution is 2.45. The largest absolute Gasteiger partial charge is 0.459 e. The molecule has 3 saturated heterocycles. The summed E-state index contributed by atoms with van der Waals surface area (Å²) in [5.74, 6) is -0.573. The van der Waals surface area contributed by atoms with Crippen LogP contribution in [0.3, 0.4) is 0 Å². The number of carbonyl (C=O) groups excluding carboxylic acids is 1. The number of rotatable bonds is 0. The van der Waals surface area contributed by atoms with Crippen LogP contribution in [-0.2, 0) is 19.0 Å². The van der Waals surface area contributed by atoms with Gasteiger partial charge >= 0.3 is 5.97 Å². The molecule has 0 bridgehead atoms. The first-order valence-electron chi connectivity index (χ1n) is 5.22. The van der Waals surface area contributed by atoms with Gasteiger partial charge in [0.05, 0.1) is 12.5 Å². The van der Waals surface area contributed by atoms with Gasteiger partial charge in [-0.25, -0.2) is 0 Å². The average molecular weight is 198 g/mol. The highest BCUT2D eigenvalue weighted by atomic mass is 16.7. The molecule has 0 aromatic rings. The van der Waals surface area contributed by atoms with Crippen LogP contribution in [-0.4, -0.2) is 30.1 Å². The molecule has 78 valence electrons. The summed E-state index contributed by atoms with van der Waals surface area (Å²) >= 11 is 0. The highest BCUT2D eigenvalue weighted by molar-refractivity contribution is 5.72. The standard InChI is InChI=1S/C10H14O4/c1-6-2-3-10(13-6)5-8-7(14-10)4-9(11)12-8/h6-8H,2-5H2,1H3/t6-,7+,8+,10+/m0/s1. The maximum Gasteiger partial charge on any atom is 0.308 e. The molecular weight excluding hydrogens is 184 g/mol. The van der Waals surface area contributed by atoms with Gasteiger partial charge < -0.3 is 14.2 Å². The lowest BCUT2D eigenvalue weighted by molar-refractivity contribution is -0.213. The molecule has 0 aromatic heterocycles. The quantitative estimate of drug-likeness (QED) is 0.544. The molecule has 3 aliphatic heterocycles. The van der Waals surface area contributed by atoms with Crippen LogP contribution in [0, 0.1) is 0 Å². The van der Waals surface area contributed by atoms with Crippen LogP contribution >= 0.6 is 0 Å². The van der Waals surface area contributed by atoms with E-state index in [1.165, 1.54) is 0 Å². The SMILES string of the molecule is C[C@H]1CC[C@@]2(C[C@H]3OC(=O)C[C@H]3O2)O1. The van der Waals surface area contributed by atoms with Crippen molar-refractivity contribution in [2.45, 2.75) is 56.7 Å². The number of fused-ring (bicyclic) bond motifs is 1. The second-order valence-electron chi connectivity index (χ2n) is 4.47. The molecule has 4 nitrogen and oxygen atoms in total. The van der Waals surface area contributed by atoms with Gasteiger partial charge in [-0.15, -0.1) is 0 Å². The van der Waals surface area contributed by atoms with Crippen LogP contribution in [0.15, 0.2) is 0 Å². The molecule has 4 heteroatoms. The fourth-order valence-corrected chi connectivity index (χ4v) is 2.65. The van der Waals surface area contributed by atoms with Gasteiger partial charge in [-0.05, 0) is 13.3 Å². The first-order chi connectivity index (χ1) is 6.67. The fourth-order valence-electron chi connectivity index (χ4n) is 2.65. The lowest BCUT2D eigenvalue weighted by atomic mass is 10.1. The van der Waals surface area contributed by atoms with Crippen molar-refractivity contribution in [3.05, 3.63) is 0 Å². The molecule has 1 spiro atoms. The third kappa shape index (κ3) is 1.17. The molecule has 3 heterocycles. The summed E-state index contributed by atoms with van der Waals surface area (Å²) in [6, 6.07) is 0. The van der Waals surface area contributed by atoms with Gasteiger partial charge in [0.25, 0.3) is 0 Å². The Morgan fingerprint density at radius 3 is 2.86 bits per heavy atom. The maximum atomic E-state index is 11.0. The van der Waals surface area contributed by atoms with Crippen molar-refractivity contribution >= 4 is 5.97 Å². The molecular formula is C10H14O4. The Balaban J connectivity index is 1.74. The summed E-state index contributed by atoms with van der Waals surface area (Å²) in [5, 5.41) is 0. The predicted octanol–water partition coefficient (Wildman–Crippen LogP) is 0.986. The molecule has 0 N–H and O–H groups in total. The Morgan fingerprint density at radius 2 is 2.21 bits per heavy atom. The van der Waals surface area contributed by atoms with Crippen LogP contribution < -0.4 is 0 Å². The van der Waals surface area contributed by atoms with Crippen LogP contribution in [0.2, 0.25) is 0 Å². The second-order valence-corrected chi connectivity index (χ2v) is 4.47. The summed E-state index contributed by atoms with van der Waals surface area (Å²) in [5.41, 5.74) is 0. The van der Waals surface area contributed by atoms with E-state index < -0.39 is 5.79 Å². The van der Waals surface area contributed by atoms with Crippen LogP contribution in [0.4, 0.5) is 0 Å². The van der Waals surface area contributed by atoms with Gasteiger partial charge in [-0.2, -0.15) is 0 Å². The molecule has 14 heavy (non-hydrogen) atoms. The normalized spacial score (nSPS) is 51.2. The van der Waals surface area contributed by atoms with Gasteiger partial charge in [0.1, 0.15) is 12.2 Å². The van der Waals surface area contributed by atoms with E-state index in [-0.39, 0.29) is 24.3 Å². The molecule has 0 saturated carbocycles. The minimum Gasteiger partial charge on any atom is -0.459 e. The monoisotopic (exact) mass is 198 g/mol. The highest BCUT2D eigenvalue weighted by Gasteiger charge is 2.55. The predicted molar refractivity (Wildman–Crippen MR) is 46.5 cm³/mol. The summed E-state index contributed by atoms with van der Waals surface area (Å²) in [7, 11) is 0. The third-order valence-corrected chi connectivity index (χ3v) is 3.29. The van der Waals surface area contributed by atoms with E-state index in [1.807, 2.05) is 0 Å². The third-order valence-electron chi connectivity index (χ3n) is 3.29. The minimum absolute atomic E-state index is 0.0622. The lowest BCUT2D eigenvalue weighted by Crippen LogP contribution is -2.29. The number of esters is 1. The van der Waals surface area contributed by atoms with Crippen molar-refractivity contribution in [1.82, 2.24) is 0 Å². The average Bonchev–Trinajstić information content (AvgIpc) is 2.66. The van der Waals surface area contributed by atoms with E-state index in [1.54, 1.807) is 0 Å². The van der Waals surface area contributed by atoms with Gasteiger partial charge in [-0.3, -0.25) is 4.79 Å². The Hall–Kier alpha value is -0.610. The molecule has 0 aliphatic carbocycles. The Kier molecular flexibility index (Phi) is 1.67. The lowest BCUT2D eigenvalue weighted by Gasteiger charge is -2.23. The summed E-state index contributed by atoms with van der Waals surface area (Å²) in [6.45, 7) is 2.05. The second kappa shape index (κ2) is 2.70. The van der Waals surface area contributed by atoms with Crippen LogP contribution in [0.25, 0.3) is 0 Å². The van der Waals surface area contributed by atoms with E-state index >= 15 is 0 Å². The Bertz CT molecular complexity index is 259. The first kappa shape index (κ1) is 8.68. The molecule has 0 amide bonds. The molecule has 3 fully saturated rings. The zero-order chi connectivity index (χ0) is 9.76. The Morgan fingerprint density at radius 1 is 1.36 bits per heavy atom. The van der Waals surface area contributed by atoms with Crippen molar-refractivity contribution in [2.75, 3.05) is 0 Å². The number of carbonyl (C=O) groups is 1. The van der Waals surface area contributed by atoms with E-state index in [0.717, 1.165) is 12.8 Å². The number of hydrogen-bond acceptors (Lipinski definition) is 4. The van der Waals surface area contributed by atoms with E-state index in [9.17, 15) is 4.79 Å². The maximum absolute atomic E-state index is 11.0. The minimum atomic E-state index is -0.435. The van der Waals surface area contributed by atoms with Gasteiger partial charge in [0, 0.05) is 12.8 Å². The van der Waals surface area contributed by atoms with Crippen molar-refractivity contribution in [2.24, 2.45) is 0 Å². The van der Waals surface area contributed by atoms with Crippen LogP contribution in [0.5, 0.6) is 0 Å². The van der Waals surface area contributed by atoms with Gasteiger partial charge in [-0.1, -0.05) is 0 Å². The Labute approximate surface area is 82.5 Å².